The van der Waals surface area contributed by atoms with Crippen LogP contribution in [0.4, 0.5) is 11.4 Å². The van der Waals surface area contributed by atoms with Crippen molar-refractivity contribution in [2.75, 3.05) is 17.2 Å². The molecule has 27 heavy (non-hydrogen) atoms. The van der Waals surface area contributed by atoms with E-state index in [9.17, 15) is 9.59 Å². The number of nitriles is 1. The van der Waals surface area contributed by atoms with Gasteiger partial charge in [-0.2, -0.15) is 5.26 Å². The van der Waals surface area contributed by atoms with Gasteiger partial charge in [0.05, 0.1) is 17.9 Å². The summed E-state index contributed by atoms with van der Waals surface area (Å²) in [4.78, 5) is 23.8. The summed E-state index contributed by atoms with van der Waals surface area (Å²) >= 11 is 0. The maximum Gasteiger partial charge on any atom is 0.291 e. The van der Waals surface area contributed by atoms with Crippen LogP contribution in [0.2, 0.25) is 0 Å². The van der Waals surface area contributed by atoms with Crippen molar-refractivity contribution in [1.82, 2.24) is 0 Å². The molecule has 0 radical (unpaired) electrons. The number of amides is 2. The number of carbonyl (C=O) groups is 2. The monoisotopic (exact) mass is 361 g/mol. The highest BCUT2D eigenvalue weighted by Gasteiger charge is 2.09. The Kier molecular flexibility index (Phi) is 5.50. The zero-order valence-corrected chi connectivity index (χ0v) is 14.1. The predicted molar refractivity (Wildman–Crippen MR) is 98.4 cm³/mol. The highest BCUT2D eigenvalue weighted by atomic mass is 16.5. The number of ether oxygens (including phenoxy) is 1. The van der Waals surface area contributed by atoms with Crippen molar-refractivity contribution >= 4 is 23.2 Å². The maximum absolute atomic E-state index is 11.9. The molecule has 0 aliphatic carbocycles. The second-order valence-corrected chi connectivity index (χ2v) is 5.49. The minimum atomic E-state index is -0.354. The molecule has 7 nitrogen and oxygen atoms in total. The molecule has 2 amide bonds. The van der Waals surface area contributed by atoms with Crippen molar-refractivity contribution in [3.05, 3.63) is 78.3 Å². The number of nitrogens with zero attached hydrogens (tertiary/aromatic N) is 1. The average Bonchev–Trinajstić information content (AvgIpc) is 3.22. The van der Waals surface area contributed by atoms with Crippen LogP contribution in [0.25, 0.3) is 0 Å². The Morgan fingerprint density at radius 3 is 2.52 bits per heavy atom. The number of furan rings is 1. The van der Waals surface area contributed by atoms with Crippen LogP contribution in [0.15, 0.2) is 71.3 Å². The summed E-state index contributed by atoms with van der Waals surface area (Å²) in [7, 11) is 0. The van der Waals surface area contributed by atoms with Crippen LogP contribution >= 0.6 is 0 Å². The Morgan fingerprint density at radius 1 is 1.00 bits per heavy atom. The molecule has 1 heterocycles. The minimum Gasteiger partial charge on any atom is -0.484 e. The summed E-state index contributed by atoms with van der Waals surface area (Å²) in [5.74, 6) is -0.00711. The van der Waals surface area contributed by atoms with Crippen molar-refractivity contribution in [3.8, 4) is 11.8 Å². The van der Waals surface area contributed by atoms with E-state index in [1.54, 1.807) is 60.7 Å². The van der Waals surface area contributed by atoms with Gasteiger partial charge in [-0.15, -0.1) is 0 Å². The molecule has 1 aromatic heterocycles. The molecule has 0 atom stereocenters. The van der Waals surface area contributed by atoms with E-state index in [0.29, 0.717) is 22.7 Å². The molecule has 3 rings (SSSR count). The smallest absolute Gasteiger partial charge is 0.291 e. The summed E-state index contributed by atoms with van der Waals surface area (Å²) in [5.41, 5.74) is 1.56. The summed E-state index contributed by atoms with van der Waals surface area (Å²) in [6.45, 7) is -0.186. The molecule has 0 spiro atoms. The first-order valence-corrected chi connectivity index (χ1v) is 8.02. The highest BCUT2D eigenvalue weighted by molar-refractivity contribution is 6.02. The lowest BCUT2D eigenvalue weighted by molar-refractivity contribution is -0.118. The van der Waals surface area contributed by atoms with Gasteiger partial charge < -0.3 is 19.8 Å². The third-order valence-corrected chi connectivity index (χ3v) is 3.50. The van der Waals surface area contributed by atoms with Crippen molar-refractivity contribution in [1.29, 1.82) is 5.26 Å². The van der Waals surface area contributed by atoms with Crippen LogP contribution in [0.1, 0.15) is 16.1 Å². The molecular weight excluding hydrogens is 346 g/mol. The summed E-state index contributed by atoms with van der Waals surface area (Å²) in [6.07, 6.45) is 1.42. The van der Waals surface area contributed by atoms with Crippen LogP contribution in [0.3, 0.4) is 0 Å². The van der Waals surface area contributed by atoms with Gasteiger partial charge >= 0.3 is 0 Å². The molecule has 7 heteroatoms. The number of anilines is 2. The van der Waals surface area contributed by atoms with Crippen LogP contribution in [-0.4, -0.2) is 18.4 Å². The zero-order valence-electron chi connectivity index (χ0n) is 14.1. The molecule has 0 saturated carbocycles. The van der Waals surface area contributed by atoms with Crippen molar-refractivity contribution in [3.63, 3.8) is 0 Å². The van der Waals surface area contributed by atoms with E-state index in [1.807, 2.05) is 6.07 Å². The van der Waals surface area contributed by atoms with Gasteiger partial charge in [-0.3, -0.25) is 9.59 Å². The SMILES string of the molecule is N#Cc1cccc(NC(=O)COc2ccc(NC(=O)c3ccco3)cc2)c1. The van der Waals surface area contributed by atoms with Crippen LogP contribution in [-0.2, 0) is 4.79 Å². The minimum absolute atomic E-state index is 0.186. The third-order valence-electron chi connectivity index (χ3n) is 3.50. The molecular formula is C20H15N3O4. The second-order valence-electron chi connectivity index (χ2n) is 5.49. The fourth-order valence-electron chi connectivity index (χ4n) is 2.25. The Labute approximate surface area is 155 Å². The summed E-state index contributed by atoms with van der Waals surface area (Å²) in [5, 5.41) is 14.2. The lowest BCUT2D eigenvalue weighted by Gasteiger charge is -2.09. The molecule has 134 valence electrons. The molecule has 0 bridgehead atoms. The second kappa shape index (κ2) is 8.36. The van der Waals surface area contributed by atoms with Crippen molar-refractivity contribution in [2.24, 2.45) is 0 Å². The molecule has 0 fully saturated rings. The number of carbonyl (C=O) groups excluding carboxylic acids is 2. The fourth-order valence-corrected chi connectivity index (χ4v) is 2.25. The largest absolute Gasteiger partial charge is 0.484 e. The van der Waals surface area contributed by atoms with Crippen molar-refractivity contribution < 1.29 is 18.7 Å². The van der Waals surface area contributed by atoms with E-state index in [4.69, 9.17) is 14.4 Å². The Bertz CT molecular complexity index is 973. The molecule has 2 aromatic carbocycles. The van der Waals surface area contributed by atoms with Crippen LogP contribution < -0.4 is 15.4 Å². The number of hydrogen-bond donors (Lipinski definition) is 2. The molecule has 0 saturated heterocycles. The average molecular weight is 361 g/mol. The van der Waals surface area contributed by atoms with E-state index in [1.165, 1.54) is 6.26 Å². The van der Waals surface area contributed by atoms with Crippen LogP contribution in [0, 0.1) is 11.3 Å². The number of benzene rings is 2. The van der Waals surface area contributed by atoms with Gasteiger partial charge in [0, 0.05) is 11.4 Å². The first-order valence-electron chi connectivity index (χ1n) is 8.02. The highest BCUT2D eigenvalue weighted by Crippen LogP contribution is 2.17. The van der Waals surface area contributed by atoms with Gasteiger partial charge in [-0.1, -0.05) is 6.07 Å². The Hall–Kier alpha value is -4.05. The van der Waals surface area contributed by atoms with Gasteiger partial charge in [0.15, 0.2) is 12.4 Å². The van der Waals surface area contributed by atoms with E-state index in [2.05, 4.69) is 10.6 Å². The quantitative estimate of drug-likeness (QED) is 0.700. The van der Waals surface area contributed by atoms with Gasteiger partial charge in [-0.25, -0.2) is 0 Å². The van der Waals surface area contributed by atoms with E-state index in [-0.39, 0.29) is 24.2 Å². The zero-order chi connectivity index (χ0) is 19.1. The molecule has 2 N–H and O–H groups in total. The topological polar surface area (TPSA) is 104 Å². The Morgan fingerprint density at radius 2 is 1.81 bits per heavy atom. The lowest BCUT2D eigenvalue weighted by Crippen LogP contribution is -2.20. The van der Waals surface area contributed by atoms with Crippen LogP contribution in [0.5, 0.6) is 5.75 Å². The van der Waals surface area contributed by atoms with Gasteiger partial charge in [0.25, 0.3) is 11.8 Å². The summed E-state index contributed by atoms with van der Waals surface area (Å²) < 4.78 is 10.4. The normalized spacial score (nSPS) is 9.89. The van der Waals surface area contributed by atoms with Gasteiger partial charge in [0.1, 0.15) is 5.75 Å². The van der Waals surface area contributed by atoms with E-state index in [0.717, 1.165) is 0 Å². The Balaban J connectivity index is 1.50. The molecule has 0 aliphatic heterocycles. The third kappa shape index (κ3) is 4.96. The van der Waals surface area contributed by atoms with E-state index >= 15 is 0 Å². The first-order chi connectivity index (χ1) is 13.1. The fraction of sp³-hybridized carbons (Fsp3) is 0.0500. The number of nitrogens with one attached hydrogen (secondary N) is 2. The van der Waals surface area contributed by atoms with Gasteiger partial charge in [-0.05, 0) is 54.6 Å². The predicted octanol–water partition coefficient (Wildman–Crippen LogP) is 3.42. The standard InChI is InChI=1S/C20H15N3O4/c21-12-14-3-1-4-16(11-14)22-19(24)13-27-17-8-6-15(7-9-17)23-20(25)18-5-2-10-26-18/h1-11H,13H2,(H,22,24)(H,23,25). The first kappa shape index (κ1) is 17.8. The van der Waals surface area contributed by atoms with Gasteiger partial charge in [0.2, 0.25) is 0 Å². The number of rotatable bonds is 6. The molecule has 3 aromatic rings. The molecule has 0 unspecified atom stereocenters. The van der Waals surface area contributed by atoms with Crippen molar-refractivity contribution in [2.45, 2.75) is 0 Å². The number of hydrogen-bond acceptors (Lipinski definition) is 5. The molecule has 0 aliphatic rings. The maximum atomic E-state index is 11.9. The summed E-state index contributed by atoms with van der Waals surface area (Å²) in [6, 6.07) is 18.4. The lowest BCUT2D eigenvalue weighted by atomic mass is 10.2. The van der Waals surface area contributed by atoms with E-state index < -0.39 is 0 Å².